The summed E-state index contributed by atoms with van der Waals surface area (Å²) in [5.41, 5.74) is 1.74. The van der Waals surface area contributed by atoms with Crippen LogP contribution in [0.25, 0.3) is 0 Å². The van der Waals surface area contributed by atoms with Gasteiger partial charge in [-0.25, -0.2) is 0 Å². The summed E-state index contributed by atoms with van der Waals surface area (Å²) in [7, 11) is 3.03. The van der Waals surface area contributed by atoms with Gasteiger partial charge in [0, 0.05) is 19.2 Å². The molecule has 0 spiro atoms. The number of rotatable bonds is 8. The number of likely N-dealkylation sites (tertiary alicyclic amines) is 1. The third-order valence-electron chi connectivity index (χ3n) is 5.37. The average Bonchev–Trinajstić information content (AvgIpc) is 2.82. The summed E-state index contributed by atoms with van der Waals surface area (Å²) < 4.78 is 16.5. The van der Waals surface area contributed by atoms with Crippen molar-refractivity contribution in [1.82, 2.24) is 4.90 Å². The maximum Gasteiger partial charge on any atom is 0.256 e. The first kappa shape index (κ1) is 22.6. The Balaban J connectivity index is 1.78. The molecule has 0 radical (unpaired) electrons. The van der Waals surface area contributed by atoms with Crippen molar-refractivity contribution in [1.29, 1.82) is 0 Å². The normalized spacial score (nSPS) is 14.6. The minimum atomic E-state index is -0.703. The van der Waals surface area contributed by atoms with Crippen molar-refractivity contribution in [3.63, 3.8) is 0 Å². The van der Waals surface area contributed by atoms with Gasteiger partial charge in [-0.3, -0.25) is 9.59 Å². The van der Waals surface area contributed by atoms with Crippen molar-refractivity contribution in [2.24, 2.45) is 0 Å². The molecule has 7 heteroatoms. The quantitative estimate of drug-likeness (QED) is 0.693. The number of hydrogen-bond acceptors (Lipinski definition) is 5. The van der Waals surface area contributed by atoms with Crippen LogP contribution in [0.1, 0.15) is 42.1 Å². The van der Waals surface area contributed by atoms with E-state index in [0.717, 1.165) is 24.8 Å². The number of piperidine rings is 1. The number of carbonyl (C=O) groups excluding carboxylic acids is 2. The van der Waals surface area contributed by atoms with Gasteiger partial charge in [0.05, 0.1) is 32.1 Å². The van der Waals surface area contributed by atoms with Crippen LogP contribution in [0.2, 0.25) is 0 Å². The fraction of sp³-hybridized carbons (Fsp3) is 0.417. The lowest BCUT2D eigenvalue weighted by atomic mass is 10.1. The number of hydrogen-bond donors (Lipinski definition) is 1. The van der Waals surface area contributed by atoms with Gasteiger partial charge in [0.2, 0.25) is 0 Å². The van der Waals surface area contributed by atoms with E-state index in [4.69, 9.17) is 14.2 Å². The Morgan fingerprint density at radius 3 is 2.29 bits per heavy atom. The zero-order valence-corrected chi connectivity index (χ0v) is 18.3. The van der Waals surface area contributed by atoms with E-state index in [1.807, 2.05) is 35.2 Å². The second-order valence-corrected chi connectivity index (χ2v) is 7.53. The molecular weight excluding hydrogens is 396 g/mol. The van der Waals surface area contributed by atoms with Gasteiger partial charge in [0.1, 0.15) is 6.10 Å². The molecule has 0 aromatic heterocycles. The number of nitrogens with zero attached hydrogens (tertiary/aromatic N) is 1. The fourth-order valence-electron chi connectivity index (χ4n) is 3.53. The summed E-state index contributed by atoms with van der Waals surface area (Å²) in [5.74, 6) is 0.407. The van der Waals surface area contributed by atoms with E-state index in [-0.39, 0.29) is 11.8 Å². The van der Waals surface area contributed by atoms with Gasteiger partial charge in [-0.05, 0) is 37.8 Å². The molecule has 1 N–H and O–H groups in total. The van der Waals surface area contributed by atoms with Crippen LogP contribution in [0.15, 0.2) is 42.5 Å². The molecule has 0 aliphatic carbocycles. The molecule has 1 saturated heterocycles. The topological polar surface area (TPSA) is 77.1 Å². The summed E-state index contributed by atoms with van der Waals surface area (Å²) in [6.07, 6.45) is 2.37. The largest absolute Gasteiger partial charge is 0.493 e. The predicted octanol–water partition coefficient (Wildman–Crippen LogP) is 3.87. The Labute approximate surface area is 183 Å². The lowest BCUT2D eigenvalue weighted by Gasteiger charge is -2.28. The molecule has 2 aromatic carbocycles. The minimum Gasteiger partial charge on any atom is -0.493 e. The van der Waals surface area contributed by atoms with Crippen LogP contribution in [0, 0.1) is 0 Å². The zero-order valence-electron chi connectivity index (χ0n) is 18.3. The first-order valence-electron chi connectivity index (χ1n) is 10.5. The highest BCUT2D eigenvalue weighted by molar-refractivity contribution is 6.05. The molecule has 166 valence electrons. The van der Waals surface area contributed by atoms with Crippen molar-refractivity contribution >= 4 is 17.5 Å². The van der Waals surface area contributed by atoms with Gasteiger partial charge in [-0.1, -0.05) is 30.3 Å². The first-order valence-corrected chi connectivity index (χ1v) is 10.5. The van der Waals surface area contributed by atoms with Crippen molar-refractivity contribution in [2.75, 3.05) is 32.6 Å². The van der Waals surface area contributed by atoms with Crippen LogP contribution in [0.4, 0.5) is 5.69 Å². The van der Waals surface area contributed by atoms with Crippen LogP contribution in [0.3, 0.4) is 0 Å². The van der Waals surface area contributed by atoms with Gasteiger partial charge < -0.3 is 24.4 Å². The molecule has 1 aliphatic rings. The van der Waals surface area contributed by atoms with E-state index in [2.05, 4.69) is 5.32 Å². The van der Waals surface area contributed by atoms with E-state index in [1.165, 1.54) is 14.2 Å². The summed E-state index contributed by atoms with van der Waals surface area (Å²) in [6.45, 7) is 3.42. The van der Waals surface area contributed by atoms with Gasteiger partial charge in [-0.2, -0.15) is 0 Å². The smallest absolute Gasteiger partial charge is 0.256 e. The Bertz CT molecular complexity index is 894. The van der Waals surface area contributed by atoms with Crippen molar-refractivity contribution in [3.8, 4) is 11.5 Å². The summed E-state index contributed by atoms with van der Waals surface area (Å²) in [4.78, 5) is 27.8. The third kappa shape index (κ3) is 5.76. The molecule has 1 heterocycles. The van der Waals surface area contributed by atoms with Crippen LogP contribution in [-0.4, -0.2) is 50.1 Å². The second-order valence-electron chi connectivity index (χ2n) is 7.53. The number of anilines is 1. The zero-order chi connectivity index (χ0) is 22.2. The van der Waals surface area contributed by atoms with Gasteiger partial charge in [-0.15, -0.1) is 0 Å². The highest BCUT2D eigenvalue weighted by atomic mass is 16.5. The molecule has 1 aliphatic heterocycles. The Hall–Kier alpha value is -3.06. The number of amides is 2. The summed E-state index contributed by atoms with van der Waals surface area (Å²) in [5, 5.41) is 2.85. The molecule has 1 atom stereocenters. The standard InChI is InChI=1S/C24H30N2O5/c1-17(31-16-18-10-6-4-7-11-18)23(27)25-20-15-22(30-3)21(29-2)14-19(20)24(28)26-12-8-5-9-13-26/h4,6-7,10-11,14-15,17H,5,8-9,12-13,16H2,1-3H3,(H,25,27). The van der Waals surface area contributed by atoms with Crippen LogP contribution in [-0.2, 0) is 16.1 Å². The molecule has 7 nitrogen and oxygen atoms in total. The average molecular weight is 427 g/mol. The van der Waals surface area contributed by atoms with Crippen LogP contribution >= 0.6 is 0 Å². The molecule has 2 amide bonds. The van der Waals surface area contributed by atoms with Crippen molar-refractivity contribution in [3.05, 3.63) is 53.6 Å². The summed E-state index contributed by atoms with van der Waals surface area (Å²) >= 11 is 0. The van der Waals surface area contributed by atoms with E-state index in [1.54, 1.807) is 19.1 Å². The molecule has 2 aromatic rings. The van der Waals surface area contributed by atoms with E-state index >= 15 is 0 Å². The molecule has 1 fully saturated rings. The van der Waals surface area contributed by atoms with Crippen molar-refractivity contribution in [2.45, 2.75) is 38.9 Å². The monoisotopic (exact) mass is 426 g/mol. The van der Waals surface area contributed by atoms with E-state index < -0.39 is 6.10 Å². The maximum absolute atomic E-state index is 13.2. The molecule has 0 saturated carbocycles. The van der Waals surface area contributed by atoms with E-state index in [9.17, 15) is 9.59 Å². The fourth-order valence-corrected chi connectivity index (χ4v) is 3.53. The molecule has 3 rings (SSSR count). The van der Waals surface area contributed by atoms with Crippen LogP contribution in [0.5, 0.6) is 11.5 Å². The number of carbonyl (C=O) groups is 2. The maximum atomic E-state index is 13.2. The molecular formula is C24H30N2O5. The third-order valence-corrected chi connectivity index (χ3v) is 5.37. The highest BCUT2D eigenvalue weighted by Crippen LogP contribution is 2.34. The van der Waals surface area contributed by atoms with Gasteiger partial charge in [0.15, 0.2) is 11.5 Å². The summed E-state index contributed by atoms with van der Waals surface area (Å²) in [6, 6.07) is 12.9. The number of ether oxygens (including phenoxy) is 3. The number of methoxy groups -OCH3 is 2. The predicted molar refractivity (Wildman–Crippen MR) is 119 cm³/mol. The lowest BCUT2D eigenvalue weighted by molar-refractivity contribution is -0.127. The second kappa shape index (κ2) is 10.8. The van der Waals surface area contributed by atoms with E-state index in [0.29, 0.717) is 42.4 Å². The molecule has 0 bridgehead atoms. The Morgan fingerprint density at radius 1 is 1.00 bits per heavy atom. The minimum absolute atomic E-state index is 0.131. The van der Waals surface area contributed by atoms with Gasteiger partial charge >= 0.3 is 0 Å². The first-order chi connectivity index (χ1) is 15.0. The SMILES string of the molecule is COc1cc(NC(=O)C(C)OCc2ccccc2)c(C(=O)N2CCCCC2)cc1OC. The highest BCUT2D eigenvalue weighted by Gasteiger charge is 2.25. The van der Waals surface area contributed by atoms with Gasteiger partial charge in [0.25, 0.3) is 11.8 Å². The molecule has 1 unspecified atom stereocenters. The molecule has 31 heavy (non-hydrogen) atoms. The van der Waals surface area contributed by atoms with Crippen LogP contribution < -0.4 is 14.8 Å². The van der Waals surface area contributed by atoms with Crippen molar-refractivity contribution < 1.29 is 23.8 Å². The number of benzene rings is 2. The Kier molecular flexibility index (Phi) is 7.89. The lowest BCUT2D eigenvalue weighted by Crippen LogP contribution is -2.36. The number of nitrogens with one attached hydrogen (secondary N) is 1. The Morgan fingerprint density at radius 2 is 1.65 bits per heavy atom.